The van der Waals surface area contributed by atoms with E-state index in [9.17, 15) is 9.59 Å². The maximum atomic E-state index is 12.8. The van der Waals surface area contributed by atoms with Gasteiger partial charge in [-0.05, 0) is 42.2 Å². The summed E-state index contributed by atoms with van der Waals surface area (Å²) in [6.07, 6.45) is 1.90. The molecular formula is C22H26ClN3O3. The molecule has 2 N–H and O–H groups in total. The Labute approximate surface area is 177 Å². The molecule has 0 aromatic heterocycles. The van der Waals surface area contributed by atoms with Gasteiger partial charge in [-0.25, -0.2) is 0 Å². The molecule has 2 aromatic carbocycles. The van der Waals surface area contributed by atoms with Gasteiger partial charge >= 0.3 is 0 Å². The number of ether oxygens (including phenoxy) is 1. The number of carbonyl (C=O) groups excluding carboxylic acids is 2. The average molecular weight is 416 g/mol. The Kier molecular flexibility index (Phi) is 7.25. The highest BCUT2D eigenvalue weighted by atomic mass is 35.5. The first-order valence-corrected chi connectivity index (χ1v) is 9.81. The van der Waals surface area contributed by atoms with Crippen molar-refractivity contribution < 1.29 is 14.3 Å². The monoisotopic (exact) mass is 415 g/mol. The third-order valence-corrected chi connectivity index (χ3v) is 5.21. The number of nitrogens with one attached hydrogen (secondary N) is 2. The molecule has 0 saturated carbocycles. The lowest BCUT2D eigenvalue weighted by Crippen LogP contribution is -2.45. The first-order chi connectivity index (χ1) is 13.7. The van der Waals surface area contributed by atoms with Gasteiger partial charge in [-0.15, -0.1) is 12.4 Å². The van der Waals surface area contributed by atoms with Crippen molar-refractivity contribution in [3.63, 3.8) is 0 Å². The van der Waals surface area contributed by atoms with Crippen LogP contribution in [0.1, 0.15) is 17.5 Å². The molecule has 2 aromatic rings. The molecule has 0 spiro atoms. The number of aryl methyl sites for hydroxylation is 1. The van der Waals surface area contributed by atoms with E-state index < -0.39 is 6.10 Å². The van der Waals surface area contributed by atoms with E-state index in [-0.39, 0.29) is 24.2 Å². The Hall–Kier alpha value is -2.41. The molecule has 0 bridgehead atoms. The minimum Gasteiger partial charge on any atom is -0.366 e. The molecule has 1 saturated heterocycles. The van der Waals surface area contributed by atoms with Crippen LogP contribution in [0.4, 0.5) is 11.4 Å². The molecular weight excluding hydrogens is 390 g/mol. The number of morpholine rings is 1. The van der Waals surface area contributed by atoms with Gasteiger partial charge in [0.15, 0.2) is 0 Å². The Morgan fingerprint density at radius 3 is 2.69 bits per heavy atom. The summed E-state index contributed by atoms with van der Waals surface area (Å²) in [4.78, 5) is 26.9. The quantitative estimate of drug-likeness (QED) is 0.805. The van der Waals surface area contributed by atoms with Crippen LogP contribution in [0, 0.1) is 0 Å². The fraction of sp³-hybridized carbons (Fsp3) is 0.364. The zero-order valence-corrected chi connectivity index (χ0v) is 17.0. The number of amides is 2. The topological polar surface area (TPSA) is 70.7 Å². The van der Waals surface area contributed by atoms with E-state index in [1.807, 2.05) is 47.4 Å². The molecule has 2 aliphatic heterocycles. The SMILES string of the molecule is Cl.O=C(Nc1ccc(CC(=O)N2CCCc3ccccc32)cc1)C1CNCCO1. The number of fused-ring (bicyclic) bond motifs is 1. The zero-order chi connectivity index (χ0) is 19.3. The molecule has 0 radical (unpaired) electrons. The van der Waals surface area contributed by atoms with Gasteiger partial charge in [-0.2, -0.15) is 0 Å². The molecule has 6 nitrogen and oxygen atoms in total. The Morgan fingerprint density at radius 1 is 1.14 bits per heavy atom. The highest BCUT2D eigenvalue weighted by molar-refractivity contribution is 5.96. The fourth-order valence-corrected chi connectivity index (χ4v) is 3.73. The number of anilines is 2. The van der Waals surface area contributed by atoms with Crippen LogP contribution < -0.4 is 15.5 Å². The Balaban J connectivity index is 0.00000240. The van der Waals surface area contributed by atoms with Gasteiger partial charge in [-0.3, -0.25) is 9.59 Å². The molecule has 1 atom stereocenters. The molecule has 7 heteroatoms. The van der Waals surface area contributed by atoms with Crippen LogP contribution in [0.25, 0.3) is 0 Å². The van der Waals surface area contributed by atoms with E-state index in [0.29, 0.717) is 25.3 Å². The third kappa shape index (κ3) is 5.15. The average Bonchev–Trinajstić information content (AvgIpc) is 2.75. The fourth-order valence-electron chi connectivity index (χ4n) is 3.73. The molecule has 2 amide bonds. The van der Waals surface area contributed by atoms with Gasteiger partial charge in [0.25, 0.3) is 5.91 Å². The molecule has 154 valence electrons. The summed E-state index contributed by atoms with van der Waals surface area (Å²) in [6, 6.07) is 15.6. The van der Waals surface area contributed by atoms with Crippen molar-refractivity contribution in [1.82, 2.24) is 5.32 Å². The number of hydrogen-bond donors (Lipinski definition) is 2. The Morgan fingerprint density at radius 2 is 1.93 bits per heavy atom. The highest BCUT2D eigenvalue weighted by Crippen LogP contribution is 2.27. The smallest absolute Gasteiger partial charge is 0.254 e. The van der Waals surface area contributed by atoms with Crippen molar-refractivity contribution >= 4 is 35.6 Å². The van der Waals surface area contributed by atoms with Crippen LogP contribution in [0.15, 0.2) is 48.5 Å². The zero-order valence-electron chi connectivity index (χ0n) is 16.2. The lowest BCUT2D eigenvalue weighted by molar-refractivity contribution is -0.128. The minimum atomic E-state index is -0.464. The van der Waals surface area contributed by atoms with Crippen LogP contribution in [0.3, 0.4) is 0 Å². The maximum Gasteiger partial charge on any atom is 0.254 e. The predicted octanol–water partition coefficient (Wildman–Crippen LogP) is 2.56. The molecule has 1 unspecified atom stereocenters. The minimum absolute atomic E-state index is 0. The van der Waals surface area contributed by atoms with Crippen LogP contribution in [-0.2, 0) is 27.2 Å². The predicted molar refractivity (Wildman–Crippen MR) is 116 cm³/mol. The number of rotatable bonds is 4. The number of benzene rings is 2. The maximum absolute atomic E-state index is 12.8. The van der Waals surface area contributed by atoms with Crippen molar-refractivity contribution in [3.05, 3.63) is 59.7 Å². The lowest BCUT2D eigenvalue weighted by atomic mass is 10.0. The van der Waals surface area contributed by atoms with Crippen LogP contribution in [0.2, 0.25) is 0 Å². The van der Waals surface area contributed by atoms with E-state index in [1.54, 1.807) is 0 Å². The van der Waals surface area contributed by atoms with Crippen molar-refractivity contribution in [2.45, 2.75) is 25.4 Å². The van der Waals surface area contributed by atoms with Crippen molar-refractivity contribution in [3.8, 4) is 0 Å². The summed E-state index contributed by atoms with van der Waals surface area (Å²) in [5.74, 6) is -0.0495. The van der Waals surface area contributed by atoms with E-state index in [2.05, 4.69) is 16.7 Å². The summed E-state index contributed by atoms with van der Waals surface area (Å²) in [7, 11) is 0. The number of carbonyl (C=O) groups is 2. The largest absolute Gasteiger partial charge is 0.366 e. The number of halogens is 1. The first kappa shape index (κ1) is 21.3. The van der Waals surface area contributed by atoms with E-state index >= 15 is 0 Å². The number of hydrogen-bond acceptors (Lipinski definition) is 4. The molecule has 2 aliphatic rings. The van der Waals surface area contributed by atoms with Gasteiger partial charge in [0.05, 0.1) is 13.0 Å². The molecule has 29 heavy (non-hydrogen) atoms. The summed E-state index contributed by atoms with van der Waals surface area (Å²) in [5.41, 5.74) is 3.91. The van der Waals surface area contributed by atoms with Gasteiger partial charge < -0.3 is 20.3 Å². The van der Waals surface area contributed by atoms with Gasteiger partial charge in [-0.1, -0.05) is 30.3 Å². The second-order valence-electron chi connectivity index (χ2n) is 7.20. The number of nitrogens with zero attached hydrogens (tertiary/aromatic N) is 1. The second-order valence-corrected chi connectivity index (χ2v) is 7.20. The highest BCUT2D eigenvalue weighted by Gasteiger charge is 2.23. The summed E-state index contributed by atoms with van der Waals surface area (Å²) in [6.45, 7) is 2.60. The van der Waals surface area contributed by atoms with E-state index in [4.69, 9.17) is 4.74 Å². The molecule has 0 aliphatic carbocycles. The van der Waals surface area contributed by atoms with Crippen molar-refractivity contribution in [2.75, 3.05) is 36.5 Å². The molecule has 2 heterocycles. The molecule has 1 fully saturated rings. The first-order valence-electron chi connectivity index (χ1n) is 9.81. The standard InChI is InChI=1S/C22H25N3O3.ClH/c26-21(25-12-3-5-17-4-1-2-6-19(17)25)14-16-7-9-18(10-8-16)24-22(27)20-15-23-11-13-28-20;/h1-2,4,6-10,20,23H,3,5,11-15H2,(H,24,27);1H. The van der Waals surface area contributed by atoms with Crippen LogP contribution >= 0.6 is 12.4 Å². The van der Waals surface area contributed by atoms with Gasteiger partial charge in [0, 0.05) is 31.0 Å². The number of para-hydroxylation sites is 1. The normalized spacial score (nSPS) is 18.3. The molecule has 4 rings (SSSR count). The van der Waals surface area contributed by atoms with Crippen molar-refractivity contribution in [1.29, 1.82) is 0 Å². The second kappa shape index (κ2) is 9.87. The third-order valence-electron chi connectivity index (χ3n) is 5.21. The van der Waals surface area contributed by atoms with Gasteiger partial charge in [0.1, 0.15) is 6.10 Å². The summed E-state index contributed by atoms with van der Waals surface area (Å²) < 4.78 is 5.46. The summed E-state index contributed by atoms with van der Waals surface area (Å²) >= 11 is 0. The lowest BCUT2D eigenvalue weighted by Gasteiger charge is -2.29. The summed E-state index contributed by atoms with van der Waals surface area (Å²) in [5, 5.41) is 6.01. The van der Waals surface area contributed by atoms with Crippen LogP contribution in [-0.4, -0.2) is 44.2 Å². The van der Waals surface area contributed by atoms with Gasteiger partial charge in [0.2, 0.25) is 5.91 Å². The van der Waals surface area contributed by atoms with E-state index in [1.165, 1.54) is 5.56 Å². The Bertz CT molecular complexity index is 851. The van der Waals surface area contributed by atoms with Crippen LogP contribution in [0.5, 0.6) is 0 Å². The van der Waals surface area contributed by atoms with Crippen molar-refractivity contribution in [2.24, 2.45) is 0 Å². The van der Waals surface area contributed by atoms with E-state index in [0.717, 1.165) is 37.2 Å².